The lowest BCUT2D eigenvalue weighted by atomic mass is 9.90. The van der Waals surface area contributed by atoms with Crippen LogP contribution in [0.4, 0.5) is 0 Å². The number of carbonyl (C=O) groups is 1. The average Bonchev–Trinajstić information content (AvgIpc) is 3.06. The van der Waals surface area contributed by atoms with Crippen molar-refractivity contribution in [1.29, 1.82) is 5.26 Å². The molecule has 0 bridgehead atoms. The van der Waals surface area contributed by atoms with E-state index < -0.39 is 6.04 Å². The fourth-order valence-corrected chi connectivity index (χ4v) is 3.17. The summed E-state index contributed by atoms with van der Waals surface area (Å²) in [5.41, 5.74) is 3.31. The van der Waals surface area contributed by atoms with E-state index in [0.717, 1.165) is 19.3 Å². The lowest BCUT2D eigenvalue weighted by molar-refractivity contribution is 0.0931. The Morgan fingerprint density at radius 3 is 2.86 bits per heavy atom. The van der Waals surface area contributed by atoms with Crippen LogP contribution in [-0.4, -0.2) is 25.2 Å². The van der Waals surface area contributed by atoms with E-state index in [1.54, 1.807) is 0 Å². The number of nitrogens with zero attached hydrogens (tertiary/aromatic N) is 1. The van der Waals surface area contributed by atoms with E-state index in [4.69, 9.17) is 4.74 Å². The van der Waals surface area contributed by atoms with E-state index in [1.165, 1.54) is 24.0 Å². The predicted molar refractivity (Wildman–Crippen MR) is 78.9 cm³/mol. The van der Waals surface area contributed by atoms with Crippen LogP contribution in [0.25, 0.3) is 0 Å². The van der Waals surface area contributed by atoms with Gasteiger partial charge in [-0.3, -0.25) is 4.79 Å². The molecule has 1 N–H and O–H groups in total. The molecule has 2 unspecified atom stereocenters. The topological polar surface area (TPSA) is 62.1 Å². The van der Waals surface area contributed by atoms with Crippen molar-refractivity contribution in [3.63, 3.8) is 0 Å². The highest BCUT2D eigenvalue weighted by Crippen LogP contribution is 2.22. The van der Waals surface area contributed by atoms with Crippen LogP contribution in [0, 0.1) is 17.2 Å². The molecule has 1 amide bonds. The van der Waals surface area contributed by atoms with Crippen molar-refractivity contribution in [1.82, 2.24) is 5.32 Å². The Kier molecular flexibility index (Phi) is 4.21. The molecule has 0 radical (unpaired) electrons. The molecular weight excluding hydrogens is 264 g/mol. The number of carbonyl (C=O) groups excluding carboxylic acids is 1. The van der Waals surface area contributed by atoms with Gasteiger partial charge in [0.1, 0.15) is 6.04 Å². The predicted octanol–water partition coefficient (Wildman–Crippen LogP) is 2.22. The molecule has 1 aliphatic heterocycles. The molecule has 1 aromatic rings. The van der Waals surface area contributed by atoms with E-state index in [1.807, 2.05) is 12.1 Å². The molecule has 0 saturated carbocycles. The van der Waals surface area contributed by atoms with Crippen molar-refractivity contribution >= 4 is 5.91 Å². The smallest absolute Gasteiger partial charge is 0.252 e. The van der Waals surface area contributed by atoms with Crippen LogP contribution in [0.3, 0.4) is 0 Å². The van der Waals surface area contributed by atoms with Crippen LogP contribution in [0.1, 0.15) is 40.7 Å². The molecule has 3 rings (SSSR count). The van der Waals surface area contributed by atoms with Gasteiger partial charge in [0.15, 0.2) is 0 Å². The monoisotopic (exact) mass is 284 g/mol. The zero-order valence-electron chi connectivity index (χ0n) is 12.1. The van der Waals surface area contributed by atoms with E-state index >= 15 is 0 Å². The first-order chi connectivity index (χ1) is 10.3. The second-order valence-electron chi connectivity index (χ2n) is 5.89. The summed E-state index contributed by atoms with van der Waals surface area (Å²) in [6, 6.07) is 7.66. The lowest BCUT2D eigenvalue weighted by Crippen LogP contribution is -2.39. The number of rotatable bonds is 3. The normalized spacial score (nSPS) is 22.1. The van der Waals surface area contributed by atoms with Gasteiger partial charge in [0.25, 0.3) is 5.91 Å². The van der Waals surface area contributed by atoms with Crippen LogP contribution in [0.15, 0.2) is 18.2 Å². The van der Waals surface area contributed by atoms with Crippen molar-refractivity contribution in [2.75, 3.05) is 13.2 Å². The summed E-state index contributed by atoms with van der Waals surface area (Å²) in [6.45, 7) is 1.24. The largest absolute Gasteiger partial charge is 0.381 e. The molecular formula is C17H20N2O2. The van der Waals surface area contributed by atoms with Gasteiger partial charge in [-0.05, 0) is 55.4 Å². The first-order valence-corrected chi connectivity index (χ1v) is 7.68. The van der Waals surface area contributed by atoms with E-state index in [-0.39, 0.29) is 11.8 Å². The number of nitriles is 1. The zero-order valence-corrected chi connectivity index (χ0v) is 12.1. The summed E-state index contributed by atoms with van der Waals surface area (Å²) in [7, 11) is 0. The highest BCUT2D eigenvalue weighted by molar-refractivity contribution is 5.94. The van der Waals surface area contributed by atoms with E-state index in [0.29, 0.717) is 18.8 Å². The average molecular weight is 284 g/mol. The molecule has 1 aliphatic carbocycles. The molecule has 4 heteroatoms. The Balaban J connectivity index is 1.71. The van der Waals surface area contributed by atoms with Crippen molar-refractivity contribution in [2.24, 2.45) is 5.92 Å². The van der Waals surface area contributed by atoms with Crippen LogP contribution < -0.4 is 5.32 Å². The minimum Gasteiger partial charge on any atom is -0.381 e. The zero-order chi connectivity index (χ0) is 14.7. The summed E-state index contributed by atoms with van der Waals surface area (Å²) in [5.74, 6) is -0.0431. The summed E-state index contributed by atoms with van der Waals surface area (Å²) >= 11 is 0. The summed E-state index contributed by atoms with van der Waals surface area (Å²) in [6.07, 6.45) is 5.42. The SMILES string of the molecule is N#CC(NC(=O)c1ccc2c(c1)CCCC2)C1CCOC1. The third-order valence-electron chi connectivity index (χ3n) is 4.47. The van der Waals surface area contributed by atoms with Gasteiger partial charge in [0.05, 0.1) is 12.7 Å². The molecule has 1 fully saturated rings. The number of fused-ring (bicyclic) bond motifs is 1. The number of aryl methyl sites for hydroxylation is 2. The molecule has 1 saturated heterocycles. The van der Waals surface area contributed by atoms with Gasteiger partial charge >= 0.3 is 0 Å². The third kappa shape index (κ3) is 3.08. The molecule has 21 heavy (non-hydrogen) atoms. The third-order valence-corrected chi connectivity index (χ3v) is 4.47. The number of ether oxygens (including phenoxy) is 1. The van der Waals surface area contributed by atoms with Gasteiger partial charge in [-0.2, -0.15) is 5.26 Å². The van der Waals surface area contributed by atoms with Gasteiger partial charge in [-0.1, -0.05) is 6.07 Å². The van der Waals surface area contributed by atoms with Gasteiger partial charge < -0.3 is 10.1 Å². The second-order valence-corrected chi connectivity index (χ2v) is 5.89. The summed E-state index contributed by atoms with van der Waals surface area (Å²) in [4.78, 5) is 12.4. The number of benzene rings is 1. The molecule has 4 nitrogen and oxygen atoms in total. The lowest BCUT2D eigenvalue weighted by Gasteiger charge is -2.19. The maximum absolute atomic E-state index is 12.4. The Labute approximate surface area is 125 Å². The Hall–Kier alpha value is -1.86. The maximum Gasteiger partial charge on any atom is 0.252 e. The van der Waals surface area contributed by atoms with Crippen molar-refractivity contribution in [2.45, 2.75) is 38.1 Å². The fourth-order valence-electron chi connectivity index (χ4n) is 3.17. The molecule has 1 aromatic carbocycles. The van der Waals surface area contributed by atoms with Crippen LogP contribution in [-0.2, 0) is 17.6 Å². The van der Waals surface area contributed by atoms with E-state index in [9.17, 15) is 10.1 Å². The van der Waals surface area contributed by atoms with E-state index in [2.05, 4.69) is 17.5 Å². The Morgan fingerprint density at radius 2 is 2.14 bits per heavy atom. The standard InChI is InChI=1S/C17H20N2O2/c18-10-16(15-7-8-21-11-15)19-17(20)14-6-5-12-3-1-2-4-13(12)9-14/h5-6,9,15-16H,1-4,7-8,11H2,(H,19,20). The van der Waals surface area contributed by atoms with Gasteiger partial charge in [0.2, 0.25) is 0 Å². The highest BCUT2D eigenvalue weighted by Gasteiger charge is 2.27. The van der Waals surface area contributed by atoms with Crippen molar-refractivity contribution in [3.05, 3.63) is 34.9 Å². The van der Waals surface area contributed by atoms with Gasteiger partial charge in [-0.15, -0.1) is 0 Å². The first kappa shape index (κ1) is 14.1. The van der Waals surface area contributed by atoms with Crippen LogP contribution >= 0.6 is 0 Å². The Bertz CT molecular complexity index is 571. The van der Waals surface area contributed by atoms with Crippen LogP contribution in [0.2, 0.25) is 0 Å². The van der Waals surface area contributed by atoms with Gasteiger partial charge in [-0.25, -0.2) is 0 Å². The number of hydrogen-bond acceptors (Lipinski definition) is 3. The minimum atomic E-state index is -0.462. The molecule has 110 valence electrons. The molecule has 2 atom stereocenters. The second kappa shape index (κ2) is 6.28. The molecule has 0 aromatic heterocycles. The first-order valence-electron chi connectivity index (χ1n) is 7.68. The molecule has 1 heterocycles. The maximum atomic E-state index is 12.4. The number of hydrogen-bond donors (Lipinski definition) is 1. The minimum absolute atomic E-state index is 0.108. The summed E-state index contributed by atoms with van der Waals surface area (Å²) < 4.78 is 5.30. The molecule has 2 aliphatic rings. The van der Waals surface area contributed by atoms with Crippen LogP contribution in [0.5, 0.6) is 0 Å². The number of nitrogens with one attached hydrogen (secondary N) is 1. The van der Waals surface area contributed by atoms with Gasteiger partial charge in [0, 0.05) is 18.1 Å². The Morgan fingerprint density at radius 1 is 1.33 bits per heavy atom. The highest BCUT2D eigenvalue weighted by atomic mass is 16.5. The quantitative estimate of drug-likeness (QED) is 0.925. The van der Waals surface area contributed by atoms with Crippen molar-refractivity contribution in [3.8, 4) is 6.07 Å². The van der Waals surface area contributed by atoms with Crippen molar-refractivity contribution < 1.29 is 9.53 Å². The summed E-state index contributed by atoms with van der Waals surface area (Å²) in [5, 5.41) is 12.1. The fraction of sp³-hybridized carbons (Fsp3) is 0.529. The number of amides is 1. The molecule has 0 spiro atoms.